The van der Waals surface area contributed by atoms with Crippen LogP contribution in [0.25, 0.3) is 12.2 Å². The molecule has 0 spiro atoms. The molecule has 1 aromatic heterocycles. The minimum atomic E-state index is -0.00308. The molecular weight excluding hydrogens is 336 g/mol. The quantitative estimate of drug-likeness (QED) is 0.658. The van der Waals surface area contributed by atoms with Crippen LogP contribution >= 0.6 is 0 Å². The molecule has 0 saturated heterocycles. The van der Waals surface area contributed by atoms with Crippen molar-refractivity contribution in [3.05, 3.63) is 89.7 Å². The summed E-state index contributed by atoms with van der Waals surface area (Å²) in [7, 11) is 1.64. The number of carbonyl (C=O) groups excluding carboxylic acids is 1. The summed E-state index contributed by atoms with van der Waals surface area (Å²) in [5.74, 6) is 0.815. The predicted molar refractivity (Wildman–Crippen MR) is 110 cm³/mol. The van der Waals surface area contributed by atoms with Gasteiger partial charge in [-0.05, 0) is 60.0 Å². The fourth-order valence-corrected chi connectivity index (χ4v) is 2.65. The molecule has 27 heavy (non-hydrogen) atoms. The number of carbonyl (C=O) groups is 1. The van der Waals surface area contributed by atoms with Crippen LogP contribution in [0.15, 0.2) is 72.9 Å². The van der Waals surface area contributed by atoms with Crippen molar-refractivity contribution in [2.75, 3.05) is 12.4 Å². The van der Waals surface area contributed by atoms with E-state index in [-0.39, 0.29) is 5.91 Å². The van der Waals surface area contributed by atoms with Gasteiger partial charge in [0.2, 0.25) is 5.91 Å². The highest BCUT2D eigenvalue weighted by molar-refractivity contribution is 5.91. The third-order valence-electron chi connectivity index (χ3n) is 4.10. The third-order valence-corrected chi connectivity index (χ3v) is 4.10. The van der Waals surface area contributed by atoms with Crippen LogP contribution in [-0.4, -0.2) is 18.0 Å². The van der Waals surface area contributed by atoms with Gasteiger partial charge in [0.1, 0.15) is 5.75 Å². The lowest BCUT2D eigenvalue weighted by Crippen LogP contribution is -2.12. The van der Waals surface area contributed by atoms with Gasteiger partial charge in [-0.25, -0.2) is 0 Å². The number of methoxy groups -OCH3 is 1. The van der Waals surface area contributed by atoms with Crippen molar-refractivity contribution >= 4 is 23.7 Å². The Morgan fingerprint density at radius 2 is 1.89 bits per heavy atom. The zero-order valence-corrected chi connectivity index (χ0v) is 15.3. The van der Waals surface area contributed by atoms with Gasteiger partial charge >= 0.3 is 0 Å². The number of nitrogens with zero attached hydrogens (tertiary/aromatic N) is 1. The molecule has 0 aliphatic heterocycles. The van der Waals surface area contributed by atoms with Gasteiger partial charge in [0.15, 0.2) is 0 Å². The molecule has 2 aromatic carbocycles. The first-order valence-corrected chi connectivity index (χ1v) is 8.85. The molecule has 3 aromatic rings. The molecule has 0 saturated carbocycles. The molecule has 0 aliphatic rings. The van der Waals surface area contributed by atoms with Crippen LogP contribution in [0.1, 0.15) is 23.2 Å². The fraction of sp³-hybridized carbons (Fsp3) is 0.130. The standard InChI is InChI=1S/C23H22N2O2/c1-27-22-13-9-18(10-14-22)11-15-23(26)25-21-7-4-5-19(17-21)8-12-20-6-2-3-16-24-20/h2-10,12-14,16-17H,11,15H2,1H3,(H,25,26)/b12-8+. The van der Waals surface area contributed by atoms with Crippen molar-refractivity contribution in [2.24, 2.45) is 0 Å². The van der Waals surface area contributed by atoms with E-state index in [2.05, 4.69) is 10.3 Å². The van der Waals surface area contributed by atoms with Crippen molar-refractivity contribution in [2.45, 2.75) is 12.8 Å². The molecule has 0 bridgehead atoms. The molecule has 136 valence electrons. The molecule has 1 amide bonds. The molecule has 4 nitrogen and oxygen atoms in total. The van der Waals surface area contributed by atoms with Crippen LogP contribution < -0.4 is 10.1 Å². The number of nitrogens with one attached hydrogen (secondary N) is 1. The molecular formula is C23H22N2O2. The number of pyridine rings is 1. The van der Waals surface area contributed by atoms with E-state index in [9.17, 15) is 4.79 Å². The number of benzene rings is 2. The van der Waals surface area contributed by atoms with Crippen LogP contribution in [0.4, 0.5) is 5.69 Å². The predicted octanol–water partition coefficient (Wildman–Crippen LogP) is 4.83. The molecule has 1 heterocycles. The second kappa shape index (κ2) is 9.34. The molecule has 0 fully saturated rings. The summed E-state index contributed by atoms with van der Waals surface area (Å²) in [6.45, 7) is 0. The Balaban J connectivity index is 1.55. The van der Waals surface area contributed by atoms with Gasteiger partial charge in [-0.2, -0.15) is 0 Å². The largest absolute Gasteiger partial charge is 0.497 e. The van der Waals surface area contributed by atoms with Crippen LogP contribution in [-0.2, 0) is 11.2 Å². The Bertz CT molecular complexity index is 903. The summed E-state index contributed by atoms with van der Waals surface area (Å²) >= 11 is 0. The maximum atomic E-state index is 12.2. The summed E-state index contributed by atoms with van der Waals surface area (Å²) < 4.78 is 5.14. The van der Waals surface area contributed by atoms with E-state index >= 15 is 0 Å². The minimum Gasteiger partial charge on any atom is -0.497 e. The lowest BCUT2D eigenvalue weighted by atomic mass is 10.1. The van der Waals surface area contributed by atoms with Crippen molar-refractivity contribution in [1.29, 1.82) is 0 Å². The molecule has 4 heteroatoms. The summed E-state index contributed by atoms with van der Waals surface area (Å²) in [5, 5.41) is 2.96. The van der Waals surface area contributed by atoms with E-state index in [1.807, 2.05) is 78.9 Å². The average molecular weight is 358 g/mol. The van der Waals surface area contributed by atoms with E-state index in [4.69, 9.17) is 4.74 Å². The number of anilines is 1. The van der Waals surface area contributed by atoms with Gasteiger partial charge < -0.3 is 10.1 Å². The fourth-order valence-electron chi connectivity index (χ4n) is 2.65. The molecule has 0 aliphatic carbocycles. The first-order valence-electron chi connectivity index (χ1n) is 8.85. The number of aryl methyl sites for hydroxylation is 1. The number of hydrogen-bond acceptors (Lipinski definition) is 3. The molecule has 0 radical (unpaired) electrons. The van der Waals surface area contributed by atoms with E-state index in [0.29, 0.717) is 12.8 Å². The van der Waals surface area contributed by atoms with Gasteiger partial charge in [-0.15, -0.1) is 0 Å². The summed E-state index contributed by atoms with van der Waals surface area (Å²) in [6.07, 6.45) is 6.81. The number of amides is 1. The Labute approximate surface area is 159 Å². The van der Waals surface area contributed by atoms with Crippen LogP contribution in [0.5, 0.6) is 5.75 Å². The maximum absolute atomic E-state index is 12.2. The van der Waals surface area contributed by atoms with Crippen molar-refractivity contribution in [1.82, 2.24) is 4.98 Å². The molecule has 0 unspecified atom stereocenters. The maximum Gasteiger partial charge on any atom is 0.224 e. The lowest BCUT2D eigenvalue weighted by molar-refractivity contribution is -0.116. The van der Waals surface area contributed by atoms with Gasteiger partial charge in [0.05, 0.1) is 12.8 Å². The average Bonchev–Trinajstić information content (AvgIpc) is 2.72. The minimum absolute atomic E-state index is 0.00308. The summed E-state index contributed by atoms with van der Waals surface area (Å²) in [4.78, 5) is 16.5. The van der Waals surface area contributed by atoms with Crippen LogP contribution in [0, 0.1) is 0 Å². The summed E-state index contributed by atoms with van der Waals surface area (Å²) in [5.41, 5.74) is 3.80. The highest BCUT2D eigenvalue weighted by Crippen LogP contribution is 2.15. The highest BCUT2D eigenvalue weighted by Gasteiger charge is 2.04. The van der Waals surface area contributed by atoms with Gasteiger partial charge in [-0.3, -0.25) is 9.78 Å². The first kappa shape index (κ1) is 18.4. The van der Waals surface area contributed by atoms with Crippen LogP contribution in [0.2, 0.25) is 0 Å². The normalized spacial score (nSPS) is 10.7. The molecule has 0 atom stereocenters. The Morgan fingerprint density at radius 1 is 1.04 bits per heavy atom. The van der Waals surface area contributed by atoms with E-state index < -0.39 is 0 Å². The number of hydrogen-bond donors (Lipinski definition) is 1. The number of rotatable bonds is 7. The Kier molecular flexibility index (Phi) is 6.36. The van der Waals surface area contributed by atoms with E-state index in [1.54, 1.807) is 13.3 Å². The Hall–Kier alpha value is -3.40. The van der Waals surface area contributed by atoms with Gasteiger partial charge in [0.25, 0.3) is 0 Å². The smallest absolute Gasteiger partial charge is 0.224 e. The zero-order valence-electron chi connectivity index (χ0n) is 15.3. The summed E-state index contributed by atoms with van der Waals surface area (Å²) in [6, 6.07) is 21.3. The van der Waals surface area contributed by atoms with Gasteiger partial charge in [0, 0.05) is 18.3 Å². The zero-order chi connectivity index (χ0) is 18.9. The van der Waals surface area contributed by atoms with Crippen molar-refractivity contribution in [3.8, 4) is 5.75 Å². The molecule has 3 rings (SSSR count). The third kappa shape index (κ3) is 5.82. The van der Waals surface area contributed by atoms with E-state index in [0.717, 1.165) is 28.3 Å². The number of aromatic nitrogens is 1. The second-order valence-corrected chi connectivity index (χ2v) is 6.11. The Morgan fingerprint density at radius 3 is 2.63 bits per heavy atom. The SMILES string of the molecule is COc1ccc(CCC(=O)Nc2cccc(/C=C/c3ccccn3)c2)cc1. The van der Waals surface area contributed by atoms with Gasteiger partial charge in [-0.1, -0.05) is 36.4 Å². The second-order valence-electron chi connectivity index (χ2n) is 6.11. The van der Waals surface area contributed by atoms with Crippen molar-refractivity contribution in [3.63, 3.8) is 0 Å². The van der Waals surface area contributed by atoms with E-state index in [1.165, 1.54) is 0 Å². The molecule has 1 N–H and O–H groups in total. The topological polar surface area (TPSA) is 51.2 Å². The monoisotopic (exact) mass is 358 g/mol. The lowest BCUT2D eigenvalue weighted by Gasteiger charge is -2.07. The number of ether oxygens (including phenoxy) is 1. The first-order chi connectivity index (χ1) is 13.2. The highest BCUT2D eigenvalue weighted by atomic mass is 16.5. The van der Waals surface area contributed by atoms with Crippen molar-refractivity contribution < 1.29 is 9.53 Å². The van der Waals surface area contributed by atoms with Crippen LogP contribution in [0.3, 0.4) is 0 Å².